The molecular weight excluding hydrogens is 181 g/mol. The minimum absolute atomic E-state index is 0.134. The lowest BCUT2D eigenvalue weighted by Gasteiger charge is -2.06. The smallest absolute Gasteiger partial charge is 0.326 e. The van der Waals surface area contributed by atoms with E-state index in [0.717, 1.165) is 7.48 Å². The molecule has 1 aromatic carbocycles. The van der Waals surface area contributed by atoms with Gasteiger partial charge in [0.2, 0.25) is 5.91 Å². The Hall–Kier alpha value is -1.49. The van der Waals surface area contributed by atoms with E-state index in [9.17, 15) is 4.79 Å². The fraction of sp³-hybridized carbons (Fsp3) is 0.222. The number of rotatable bonds is 4. The quantitative estimate of drug-likeness (QED) is 0.494. The first-order chi connectivity index (χ1) is 6.72. The van der Waals surface area contributed by atoms with Crippen molar-refractivity contribution in [3.63, 3.8) is 0 Å². The predicted octanol–water partition coefficient (Wildman–Crippen LogP) is -0.604. The molecule has 0 aliphatic rings. The molecule has 0 bridgehead atoms. The van der Waals surface area contributed by atoms with Crippen molar-refractivity contribution in [1.29, 1.82) is 0 Å². The van der Waals surface area contributed by atoms with E-state index in [-0.39, 0.29) is 12.6 Å². The van der Waals surface area contributed by atoms with Crippen LogP contribution in [0.3, 0.4) is 0 Å². The molecule has 0 spiro atoms. The van der Waals surface area contributed by atoms with Gasteiger partial charge in [-0.1, -0.05) is 17.6 Å². The van der Waals surface area contributed by atoms with Gasteiger partial charge in [-0.25, -0.2) is 0 Å². The van der Waals surface area contributed by atoms with Gasteiger partial charge in [0.25, 0.3) is 0 Å². The molecular formula is C9H11BNO3. The van der Waals surface area contributed by atoms with Crippen LogP contribution < -0.4 is 15.5 Å². The summed E-state index contributed by atoms with van der Waals surface area (Å²) in [4.78, 5) is 10.5. The van der Waals surface area contributed by atoms with Crippen molar-refractivity contribution in [2.24, 2.45) is 0 Å². The van der Waals surface area contributed by atoms with Gasteiger partial charge < -0.3 is 15.1 Å². The SMILES string of the molecule is CC(=O)NCOc1ccc([B]O)cc1. The Morgan fingerprint density at radius 3 is 2.64 bits per heavy atom. The van der Waals surface area contributed by atoms with E-state index in [2.05, 4.69) is 5.32 Å². The number of carbonyl (C=O) groups is 1. The summed E-state index contributed by atoms with van der Waals surface area (Å²) in [6.45, 7) is 1.57. The molecule has 0 saturated heterocycles. The van der Waals surface area contributed by atoms with Gasteiger partial charge in [0.15, 0.2) is 6.73 Å². The average Bonchev–Trinajstić information content (AvgIpc) is 2.18. The lowest BCUT2D eigenvalue weighted by molar-refractivity contribution is -0.119. The summed E-state index contributed by atoms with van der Waals surface area (Å²) in [6, 6.07) is 6.85. The monoisotopic (exact) mass is 192 g/mol. The summed E-state index contributed by atoms with van der Waals surface area (Å²) in [5.74, 6) is 0.509. The molecule has 0 heterocycles. The highest BCUT2D eigenvalue weighted by Gasteiger charge is 1.96. The topological polar surface area (TPSA) is 58.6 Å². The molecule has 0 saturated carbocycles. The highest BCUT2D eigenvalue weighted by molar-refractivity contribution is 6.45. The molecule has 0 unspecified atom stereocenters. The second-order valence-electron chi connectivity index (χ2n) is 2.72. The largest absolute Gasteiger partial charge is 0.473 e. The molecule has 0 atom stereocenters. The lowest BCUT2D eigenvalue weighted by Crippen LogP contribution is -2.25. The second kappa shape index (κ2) is 5.29. The fourth-order valence-electron chi connectivity index (χ4n) is 0.871. The maximum Gasteiger partial charge on any atom is 0.326 e. The number of carbonyl (C=O) groups excluding carboxylic acids is 1. The summed E-state index contributed by atoms with van der Waals surface area (Å²) in [6.07, 6.45) is 0. The third kappa shape index (κ3) is 3.49. The summed E-state index contributed by atoms with van der Waals surface area (Å²) in [5, 5.41) is 11.2. The molecule has 1 rings (SSSR count). The summed E-state index contributed by atoms with van der Waals surface area (Å²) in [5.41, 5.74) is 0.705. The zero-order valence-electron chi connectivity index (χ0n) is 7.86. The number of ether oxygens (including phenoxy) is 1. The molecule has 0 fully saturated rings. The standard InChI is InChI=1S/C9H11BNO3/c1-7(12)11-6-14-9-4-2-8(10-13)3-5-9/h2-5,13H,6H2,1H3,(H,11,12). The second-order valence-corrected chi connectivity index (χ2v) is 2.72. The van der Waals surface area contributed by atoms with Gasteiger partial charge in [-0.15, -0.1) is 0 Å². The molecule has 14 heavy (non-hydrogen) atoms. The molecule has 1 amide bonds. The van der Waals surface area contributed by atoms with Crippen LogP contribution in [0, 0.1) is 0 Å². The maximum absolute atomic E-state index is 10.5. The van der Waals surface area contributed by atoms with Crippen LogP contribution in [-0.4, -0.2) is 25.1 Å². The molecule has 73 valence electrons. The van der Waals surface area contributed by atoms with Crippen molar-refractivity contribution in [3.05, 3.63) is 24.3 Å². The molecule has 5 heteroatoms. The Balaban J connectivity index is 2.40. The zero-order valence-corrected chi connectivity index (χ0v) is 7.86. The zero-order chi connectivity index (χ0) is 10.4. The maximum atomic E-state index is 10.5. The van der Waals surface area contributed by atoms with E-state index in [1.165, 1.54) is 6.92 Å². The molecule has 0 aliphatic heterocycles. The molecule has 0 aromatic heterocycles. The van der Waals surface area contributed by atoms with E-state index in [1.54, 1.807) is 24.3 Å². The Labute approximate surface area is 83.2 Å². The third-order valence-electron chi connectivity index (χ3n) is 1.59. The van der Waals surface area contributed by atoms with Crippen molar-refractivity contribution in [1.82, 2.24) is 5.32 Å². The van der Waals surface area contributed by atoms with Crippen LogP contribution in [0.25, 0.3) is 0 Å². The Bertz CT molecular complexity index is 299. The van der Waals surface area contributed by atoms with E-state index < -0.39 is 0 Å². The third-order valence-corrected chi connectivity index (χ3v) is 1.59. The Morgan fingerprint density at radius 1 is 1.50 bits per heavy atom. The average molecular weight is 192 g/mol. The minimum atomic E-state index is -0.134. The van der Waals surface area contributed by atoms with Crippen molar-refractivity contribution >= 4 is 18.9 Å². The van der Waals surface area contributed by atoms with Crippen LogP contribution in [0.5, 0.6) is 5.75 Å². The fourth-order valence-corrected chi connectivity index (χ4v) is 0.871. The highest BCUT2D eigenvalue weighted by atomic mass is 16.5. The van der Waals surface area contributed by atoms with Gasteiger partial charge in [0.1, 0.15) is 5.75 Å². The Morgan fingerprint density at radius 2 is 2.14 bits per heavy atom. The molecule has 4 nitrogen and oxygen atoms in total. The van der Waals surface area contributed by atoms with Crippen molar-refractivity contribution in [2.75, 3.05) is 6.73 Å². The van der Waals surface area contributed by atoms with Gasteiger partial charge in [0.05, 0.1) is 0 Å². The highest BCUT2D eigenvalue weighted by Crippen LogP contribution is 2.05. The van der Waals surface area contributed by atoms with Gasteiger partial charge in [-0.2, -0.15) is 0 Å². The number of hydrogen-bond donors (Lipinski definition) is 2. The van der Waals surface area contributed by atoms with E-state index in [0.29, 0.717) is 11.2 Å². The van der Waals surface area contributed by atoms with Crippen LogP contribution >= 0.6 is 0 Å². The van der Waals surface area contributed by atoms with E-state index >= 15 is 0 Å². The lowest BCUT2D eigenvalue weighted by atomic mass is 9.89. The molecule has 1 radical (unpaired) electrons. The van der Waals surface area contributed by atoms with Gasteiger partial charge >= 0.3 is 7.48 Å². The first kappa shape index (κ1) is 10.6. The number of nitrogens with one attached hydrogen (secondary N) is 1. The first-order valence-corrected chi connectivity index (χ1v) is 4.17. The minimum Gasteiger partial charge on any atom is -0.473 e. The van der Waals surface area contributed by atoms with Crippen LogP contribution in [0.2, 0.25) is 0 Å². The van der Waals surface area contributed by atoms with Gasteiger partial charge in [0, 0.05) is 6.92 Å². The van der Waals surface area contributed by atoms with E-state index in [4.69, 9.17) is 9.76 Å². The molecule has 2 N–H and O–H groups in total. The van der Waals surface area contributed by atoms with Crippen molar-refractivity contribution < 1.29 is 14.6 Å². The molecule has 1 aromatic rings. The molecule has 0 aliphatic carbocycles. The van der Waals surface area contributed by atoms with Crippen LogP contribution in [-0.2, 0) is 4.79 Å². The number of amides is 1. The van der Waals surface area contributed by atoms with E-state index in [1.807, 2.05) is 0 Å². The number of hydrogen-bond acceptors (Lipinski definition) is 3. The summed E-state index contributed by atoms with van der Waals surface area (Å²) >= 11 is 0. The normalized spacial score (nSPS) is 9.29. The summed E-state index contributed by atoms with van der Waals surface area (Å²) < 4.78 is 5.19. The van der Waals surface area contributed by atoms with Crippen LogP contribution in [0.1, 0.15) is 6.92 Å². The van der Waals surface area contributed by atoms with Crippen molar-refractivity contribution in [2.45, 2.75) is 6.92 Å². The van der Waals surface area contributed by atoms with Crippen LogP contribution in [0.4, 0.5) is 0 Å². The first-order valence-electron chi connectivity index (χ1n) is 4.17. The van der Waals surface area contributed by atoms with Gasteiger partial charge in [-0.05, 0) is 12.1 Å². The van der Waals surface area contributed by atoms with Crippen molar-refractivity contribution in [3.8, 4) is 5.75 Å². The van der Waals surface area contributed by atoms with Gasteiger partial charge in [-0.3, -0.25) is 4.79 Å². The number of benzene rings is 1. The predicted molar refractivity (Wildman–Crippen MR) is 53.4 cm³/mol. The van der Waals surface area contributed by atoms with Crippen LogP contribution in [0.15, 0.2) is 24.3 Å². The summed E-state index contributed by atoms with van der Waals surface area (Å²) in [7, 11) is 1.01. The Kier molecular flexibility index (Phi) is 4.00.